The average molecular weight is 215 g/mol. The molecule has 0 spiro atoms. The van der Waals surface area contributed by atoms with Crippen molar-refractivity contribution in [2.45, 2.75) is 31.7 Å². The second-order valence-electron chi connectivity index (χ2n) is 4.08. The second kappa shape index (κ2) is 4.00. The summed E-state index contributed by atoms with van der Waals surface area (Å²) in [5.41, 5.74) is 1.41. The number of fused-ring (bicyclic) bond motifs is 1. The first-order valence-electron chi connectivity index (χ1n) is 5.62. The molecule has 0 unspecified atom stereocenters. The fourth-order valence-corrected chi connectivity index (χ4v) is 2.16. The second-order valence-corrected chi connectivity index (χ2v) is 4.08. The molecule has 0 amide bonds. The van der Waals surface area contributed by atoms with Gasteiger partial charge in [-0.25, -0.2) is 19.9 Å². The molecule has 1 aliphatic carbocycles. The monoisotopic (exact) mass is 215 g/mol. The molecule has 0 saturated heterocycles. The first kappa shape index (κ1) is 9.45. The van der Waals surface area contributed by atoms with Crippen LogP contribution in [0.15, 0.2) is 18.7 Å². The summed E-state index contributed by atoms with van der Waals surface area (Å²) in [6.45, 7) is 0. The normalized spacial score (nSPS) is 16.8. The third kappa shape index (κ3) is 1.68. The largest absolute Gasteiger partial charge is 0.365 e. The zero-order valence-electron chi connectivity index (χ0n) is 8.93. The Morgan fingerprint density at radius 2 is 1.81 bits per heavy atom. The van der Waals surface area contributed by atoms with Crippen LogP contribution in [-0.4, -0.2) is 26.0 Å². The SMILES string of the molecule is c1cnc2c(NC3CCCC3)ncnc2n1. The van der Waals surface area contributed by atoms with Crippen LogP contribution < -0.4 is 5.32 Å². The number of nitrogens with zero attached hydrogens (tertiary/aromatic N) is 4. The van der Waals surface area contributed by atoms with Crippen LogP contribution in [-0.2, 0) is 0 Å². The maximum Gasteiger partial charge on any atom is 0.183 e. The van der Waals surface area contributed by atoms with E-state index in [9.17, 15) is 0 Å². The molecule has 0 bridgehead atoms. The minimum absolute atomic E-state index is 0.528. The molecule has 1 fully saturated rings. The summed E-state index contributed by atoms with van der Waals surface area (Å²) >= 11 is 0. The van der Waals surface area contributed by atoms with E-state index in [1.807, 2.05) is 0 Å². The number of rotatable bonds is 2. The highest BCUT2D eigenvalue weighted by atomic mass is 15.1. The highest BCUT2D eigenvalue weighted by molar-refractivity contribution is 5.81. The van der Waals surface area contributed by atoms with Gasteiger partial charge in [-0.3, -0.25) is 0 Å². The van der Waals surface area contributed by atoms with Crippen molar-refractivity contribution in [3.8, 4) is 0 Å². The number of hydrogen-bond donors (Lipinski definition) is 1. The van der Waals surface area contributed by atoms with Gasteiger partial charge in [-0.15, -0.1) is 0 Å². The van der Waals surface area contributed by atoms with E-state index in [1.165, 1.54) is 32.0 Å². The van der Waals surface area contributed by atoms with Crippen LogP contribution in [0.2, 0.25) is 0 Å². The Hall–Kier alpha value is -1.78. The predicted molar refractivity (Wildman–Crippen MR) is 61.0 cm³/mol. The van der Waals surface area contributed by atoms with Crippen molar-refractivity contribution in [1.82, 2.24) is 19.9 Å². The lowest BCUT2D eigenvalue weighted by molar-refractivity contribution is 0.751. The lowest BCUT2D eigenvalue weighted by atomic mass is 10.2. The van der Waals surface area contributed by atoms with Gasteiger partial charge in [-0.05, 0) is 12.8 Å². The van der Waals surface area contributed by atoms with Crippen LogP contribution in [0.5, 0.6) is 0 Å². The molecule has 2 aromatic rings. The Labute approximate surface area is 93.4 Å². The van der Waals surface area contributed by atoms with Crippen LogP contribution in [0, 0.1) is 0 Å². The van der Waals surface area contributed by atoms with E-state index in [4.69, 9.17) is 0 Å². The molecular weight excluding hydrogens is 202 g/mol. The van der Waals surface area contributed by atoms with Crippen LogP contribution >= 0.6 is 0 Å². The Morgan fingerprint density at radius 3 is 2.69 bits per heavy atom. The van der Waals surface area contributed by atoms with E-state index >= 15 is 0 Å². The molecule has 0 aromatic carbocycles. The lowest BCUT2D eigenvalue weighted by Gasteiger charge is -2.12. The van der Waals surface area contributed by atoms with Gasteiger partial charge < -0.3 is 5.32 Å². The number of nitrogens with one attached hydrogen (secondary N) is 1. The van der Waals surface area contributed by atoms with Crippen molar-refractivity contribution < 1.29 is 0 Å². The summed E-state index contributed by atoms with van der Waals surface area (Å²) in [7, 11) is 0. The molecule has 5 heteroatoms. The van der Waals surface area contributed by atoms with E-state index in [1.54, 1.807) is 12.4 Å². The highest BCUT2D eigenvalue weighted by Gasteiger charge is 2.16. The molecule has 0 atom stereocenters. The summed E-state index contributed by atoms with van der Waals surface area (Å²) in [6, 6.07) is 0.528. The van der Waals surface area contributed by atoms with Crippen molar-refractivity contribution in [3.05, 3.63) is 18.7 Å². The van der Waals surface area contributed by atoms with Crippen molar-refractivity contribution in [2.24, 2.45) is 0 Å². The van der Waals surface area contributed by atoms with Crippen LogP contribution in [0.1, 0.15) is 25.7 Å². The molecule has 0 radical (unpaired) electrons. The lowest BCUT2D eigenvalue weighted by Crippen LogP contribution is -2.16. The zero-order chi connectivity index (χ0) is 10.8. The summed E-state index contributed by atoms with van der Waals surface area (Å²) in [5.74, 6) is 0.810. The molecule has 3 rings (SSSR count). The quantitative estimate of drug-likeness (QED) is 0.827. The minimum atomic E-state index is 0.528. The van der Waals surface area contributed by atoms with Gasteiger partial charge in [0.1, 0.15) is 11.8 Å². The summed E-state index contributed by atoms with van der Waals surface area (Å²) in [4.78, 5) is 16.8. The third-order valence-electron chi connectivity index (χ3n) is 2.97. The molecule has 0 aliphatic heterocycles. The van der Waals surface area contributed by atoms with Gasteiger partial charge in [0.15, 0.2) is 11.5 Å². The number of anilines is 1. The topological polar surface area (TPSA) is 63.6 Å². The molecule has 1 N–H and O–H groups in total. The fourth-order valence-electron chi connectivity index (χ4n) is 2.16. The van der Waals surface area contributed by atoms with Gasteiger partial charge in [-0.1, -0.05) is 12.8 Å². The standard InChI is InChI=1S/C11H13N5/c1-2-4-8(3-1)16-11-9-10(14-7-15-11)13-6-5-12-9/h5-8H,1-4H2,(H,13,14,15,16). The molecular formula is C11H13N5. The maximum absolute atomic E-state index is 4.27. The predicted octanol–water partition coefficient (Wildman–Crippen LogP) is 1.77. The van der Waals surface area contributed by atoms with Gasteiger partial charge in [0.2, 0.25) is 0 Å². The molecule has 2 aromatic heterocycles. The number of hydrogen-bond acceptors (Lipinski definition) is 5. The maximum atomic E-state index is 4.27. The third-order valence-corrected chi connectivity index (χ3v) is 2.97. The molecule has 82 valence electrons. The van der Waals surface area contributed by atoms with Gasteiger partial charge >= 0.3 is 0 Å². The van der Waals surface area contributed by atoms with E-state index in [-0.39, 0.29) is 0 Å². The summed E-state index contributed by atoms with van der Waals surface area (Å²) in [6.07, 6.45) is 9.88. The van der Waals surface area contributed by atoms with Crippen molar-refractivity contribution in [3.63, 3.8) is 0 Å². The molecule has 5 nitrogen and oxygen atoms in total. The Kier molecular flexibility index (Phi) is 2.36. The van der Waals surface area contributed by atoms with Gasteiger partial charge in [0.05, 0.1) is 0 Å². The summed E-state index contributed by atoms with van der Waals surface area (Å²) < 4.78 is 0. The zero-order valence-corrected chi connectivity index (χ0v) is 8.93. The Morgan fingerprint density at radius 1 is 1.00 bits per heavy atom. The van der Waals surface area contributed by atoms with Crippen molar-refractivity contribution >= 4 is 17.0 Å². The first-order valence-corrected chi connectivity index (χ1v) is 5.62. The number of aromatic nitrogens is 4. The van der Waals surface area contributed by atoms with E-state index in [2.05, 4.69) is 25.3 Å². The van der Waals surface area contributed by atoms with Gasteiger partial charge in [0.25, 0.3) is 0 Å². The van der Waals surface area contributed by atoms with Crippen molar-refractivity contribution in [1.29, 1.82) is 0 Å². The minimum Gasteiger partial charge on any atom is -0.365 e. The fraction of sp³-hybridized carbons (Fsp3) is 0.455. The highest BCUT2D eigenvalue weighted by Crippen LogP contribution is 2.23. The molecule has 1 aliphatic rings. The van der Waals surface area contributed by atoms with E-state index < -0.39 is 0 Å². The van der Waals surface area contributed by atoms with Crippen LogP contribution in [0.3, 0.4) is 0 Å². The Bertz CT molecular complexity index is 487. The molecule has 16 heavy (non-hydrogen) atoms. The first-order chi connectivity index (χ1) is 7.93. The Balaban J connectivity index is 1.96. The smallest absolute Gasteiger partial charge is 0.183 e. The average Bonchev–Trinajstić information content (AvgIpc) is 2.82. The van der Waals surface area contributed by atoms with Crippen LogP contribution in [0.25, 0.3) is 11.2 Å². The molecule has 2 heterocycles. The molecule has 1 saturated carbocycles. The van der Waals surface area contributed by atoms with Gasteiger partial charge in [-0.2, -0.15) is 0 Å². The van der Waals surface area contributed by atoms with Gasteiger partial charge in [0, 0.05) is 18.4 Å². The van der Waals surface area contributed by atoms with E-state index in [0.717, 1.165) is 11.3 Å². The van der Waals surface area contributed by atoms with Crippen molar-refractivity contribution in [2.75, 3.05) is 5.32 Å². The van der Waals surface area contributed by atoms with E-state index in [0.29, 0.717) is 11.7 Å². The summed E-state index contributed by atoms with van der Waals surface area (Å²) in [5, 5.41) is 3.43. The van der Waals surface area contributed by atoms with Crippen LogP contribution in [0.4, 0.5) is 5.82 Å².